The van der Waals surface area contributed by atoms with E-state index in [1.54, 1.807) is 0 Å². The smallest absolute Gasteiger partial charge is 0.236 e. The van der Waals surface area contributed by atoms with E-state index in [-0.39, 0.29) is 5.91 Å². The minimum Gasteiger partial charge on any atom is -0.339 e. The Morgan fingerprint density at radius 2 is 2.10 bits per heavy atom. The van der Waals surface area contributed by atoms with Gasteiger partial charge in [-0.2, -0.15) is 5.10 Å². The van der Waals surface area contributed by atoms with E-state index in [2.05, 4.69) is 38.2 Å². The summed E-state index contributed by atoms with van der Waals surface area (Å²) in [6.45, 7) is 9.46. The molecule has 0 aromatic carbocycles. The number of amides is 1. The van der Waals surface area contributed by atoms with Crippen molar-refractivity contribution in [2.75, 3.05) is 39.8 Å². The van der Waals surface area contributed by atoms with E-state index in [0.717, 1.165) is 48.6 Å². The van der Waals surface area contributed by atoms with Crippen LogP contribution in [-0.2, 0) is 17.9 Å². The molecule has 0 spiro atoms. The average Bonchev–Trinajstić information content (AvgIpc) is 2.75. The van der Waals surface area contributed by atoms with Crippen molar-refractivity contribution in [2.45, 2.75) is 26.9 Å². The highest BCUT2D eigenvalue weighted by Gasteiger charge is 2.19. The number of aromatic nitrogens is 2. The summed E-state index contributed by atoms with van der Waals surface area (Å²) in [5, 5.41) is 7.75. The topological polar surface area (TPSA) is 53.4 Å². The normalized spacial score (nSPS) is 15.8. The number of rotatable bonds is 5. The molecule has 1 aliphatic heterocycles. The highest BCUT2D eigenvalue weighted by molar-refractivity contribution is 9.10. The highest BCUT2D eigenvalue weighted by atomic mass is 79.9. The lowest BCUT2D eigenvalue weighted by atomic mass is 10.3. The van der Waals surface area contributed by atoms with Crippen molar-refractivity contribution in [3.63, 3.8) is 0 Å². The van der Waals surface area contributed by atoms with E-state index >= 15 is 0 Å². The Balaban J connectivity index is 1.95. The van der Waals surface area contributed by atoms with Crippen LogP contribution in [0.4, 0.5) is 0 Å². The molecule has 2 heterocycles. The SMILES string of the molecule is CCn1nc(C)c(Br)c1CN(C)CC(=O)N1CCNCC1. The van der Waals surface area contributed by atoms with Crippen molar-refractivity contribution < 1.29 is 4.79 Å². The maximum Gasteiger partial charge on any atom is 0.236 e. The molecule has 2 rings (SSSR count). The molecular formula is C14H24BrN5O. The molecule has 21 heavy (non-hydrogen) atoms. The van der Waals surface area contributed by atoms with Gasteiger partial charge in [0.05, 0.1) is 22.4 Å². The first-order valence-corrected chi connectivity index (χ1v) is 8.21. The summed E-state index contributed by atoms with van der Waals surface area (Å²) in [5.41, 5.74) is 2.12. The molecule has 1 saturated heterocycles. The molecular weight excluding hydrogens is 334 g/mol. The van der Waals surface area contributed by atoms with Crippen molar-refractivity contribution in [2.24, 2.45) is 0 Å². The van der Waals surface area contributed by atoms with Crippen LogP contribution in [0.1, 0.15) is 18.3 Å². The van der Waals surface area contributed by atoms with E-state index < -0.39 is 0 Å². The number of hydrogen-bond donors (Lipinski definition) is 1. The molecule has 0 saturated carbocycles. The van der Waals surface area contributed by atoms with E-state index in [1.165, 1.54) is 0 Å². The number of aryl methyl sites for hydroxylation is 2. The quantitative estimate of drug-likeness (QED) is 0.848. The molecule has 1 amide bonds. The van der Waals surface area contributed by atoms with Gasteiger partial charge in [0.25, 0.3) is 0 Å². The standard InChI is InChI=1S/C14H24BrN5O/c1-4-20-12(14(15)11(2)17-20)9-18(3)10-13(21)19-7-5-16-6-8-19/h16H,4-10H2,1-3H3. The van der Waals surface area contributed by atoms with Crippen LogP contribution in [0.25, 0.3) is 0 Å². The van der Waals surface area contributed by atoms with E-state index in [1.807, 2.05) is 23.6 Å². The number of nitrogens with one attached hydrogen (secondary N) is 1. The number of hydrogen-bond acceptors (Lipinski definition) is 4. The molecule has 1 aromatic rings. The number of carbonyl (C=O) groups is 1. The third kappa shape index (κ3) is 4.05. The van der Waals surface area contributed by atoms with Gasteiger partial charge in [0.2, 0.25) is 5.91 Å². The van der Waals surface area contributed by atoms with Crippen LogP contribution in [-0.4, -0.2) is 65.3 Å². The monoisotopic (exact) mass is 357 g/mol. The summed E-state index contributed by atoms with van der Waals surface area (Å²) in [7, 11) is 1.98. The van der Waals surface area contributed by atoms with Gasteiger partial charge in [0.15, 0.2) is 0 Å². The Labute approximate surface area is 134 Å². The van der Waals surface area contributed by atoms with Crippen molar-refractivity contribution >= 4 is 21.8 Å². The first-order valence-electron chi connectivity index (χ1n) is 7.41. The number of halogens is 1. The summed E-state index contributed by atoms with van der Waals surface area (Å²) in [6, 6.07) is 0. The second-order valence-electron chi connectivity index (χ2n) is 5.46. The largest absolute Gasteiger partial charge is 0.339 e. The summed E-state index contributed by atoms with van der Waals surface area (Å²) < 4.78 is 3.04. The Bertz CT molecular complexity index is 496. The lowest BCUT2D eigenvalue weighted by Gasteiger charge is -2.29. The Hall–Kier alpha value is -0.920. The number of carbonyl (C=O) groups excluding carboxylic acids is 1. The third-order valence-corrected chi connectivity index (χ3v) is 4.78. The van der Waals surface area contributed by atoms with Crippen molar-refractivity contribution in [3.05, 3.63) is 15.9 Å². The summed E-state index contributed by atoms with van der Waals surface area (Å²) in [6.07, 6.45) is 0. The zero-order valence-electron chi connectivity index (χ0n) is 13.0. The summed E-state index contributed by atoms with van der Waals surface area (Å²) in [5.74, 6) is 0.203. The van der Waals surface area contributed by atoms with E-state index in [4.69, 9.17) is 0 Å². The van der Waals surface area contributed by atoms with Gasteiger partial charge in [0, 0.05) is 39.3 Å². The second kappa shape index (κ2) is 7.38. The summed E-state index contributed by atoms with van der Waals surface area (Å²) in [4.78, 5) is 16.3. The molecule has 0 aliphatic carbocycles. The van der Waals surface area contributed by atoms with Crippen LogP contribution in [0.2, 0.25) is 0 Å². The zero-order valence-corrected chi connectivity index (χ0v) is 14.6. The lowest BCUT2D eigenvalue weighted by Crippen LogP contribution is -2.49. The Morgan fingerprint density at radius 3 is 2.71 bits per heavy atom. The zero-order chi connectivity index (χ0) is 15.4. The first-order chi connectivity index (χ1) is 10.0. The number of likely N-dealkylation sites (N-methyl/N-ethyl adjacent to an activating group) is 1. The molecule has 1 aromatic heterocycles. The van der Waals surface area contributed by atoms with E-state index in [0.29, 0.717) is 13.1 Å². The van der Waals surface area contributed by atoms with Crippen LogP contribution in [0.15, 0.2) is 4.47 Å². The maximum absolute atomic E-state index is 12.3. The minimum absolute atomic E-state index is 0.203. The maximum atomic E-state index is 12.3. The van der Waals surface area contributed by atoms with Gasteiger partial charge >= 0.3 is 0 Å². The van der Waals surface area contributed by atoms with Crippen LogP contribution in [0, 0.1) is 6.92 Å². The fraction of sp³-hybridized carbons (Fsp3) is 0.714. The molecule has 1 N–H and O–H groups in total. The fourth-order valence-electron chi connectivity index (χ4n) is 2.58. The number of piperazine rings is 1. The lowest BCUT2D eigenvalue weighted by molar-refractivity contribution is -0.132. The van der Waals surface area contributed by atoms with E-state index in [9.17, 15) is 4.79 Å². The average molecular weight is 358 g/mol. The van der Waals surface area contributed by atoms with Crippen molar-refractivity contribution in [1.29, 1.82) is 0 Å². The van der Waals surface area contributed by atoms with Crippen LogP contribution >= 0.6 is 15.9 Å². The van der Waals surface area contributed by atoms with Gasteiger partial charge in [-0.05, 0) is 36.8 Å². The van der Waals surface area contributed by atoms with Gasteiger partial charge < -0.3 is 10.2 Å². The van der Waals surface area contributed by atoms with Crippen LogP contribution in [0.3, 0.4) is 0 Å². The molecule has 6 nitrogen and oxygen atoms in total. The van der Waals surface area contributed by atoms with Gasteiger partial charge in [0.1, 0.15) is 0 Å². The molecule has 0 radical (unpaired) electrons. The van der Waals surface area contributed by atoms with Crippen LogP contribution < -0.4 is 5.32 Å². The Morgan fingerprint density at radius 1 is 1.43 bits per heavy atom. The Kier molecular flexibility index (Phi) is 5.78. The highest BCUT2D eigenvalue weighted by Crippen LogP contribution is 2.22. The third-order valence-electron chi connectivity index (χ3n) is 3.75. The second-order valence-corrected chi connectivity index (χ2v) is 6.26. The predicted molar refractivity (Wildman–Crippen MR) is 86.1 cm³/mol. The van der Waals surface area contributed by atoms with Gasteiger partial charge in [-0.15, -0.1) is 0 Å². The molecule has 0 atom stereocenters. The van der Waals surface area contributed by atoms with Gasteiger partial charge in [-0.1, -0.05) is 0 Å². The van der Waals surface area contributed by atoms with Gasteiger partial charge in [-0.3, -0.25) is 14.4 Å². The summed E-state index contributed by atoms with van der Waals surface area (Å²) >= 11 is 3.60. The van der Waals surface area contributed by atoms with Gasteiger partial charge in [-0.25, -0.2) is 0 Å². The number of nitrogens with zero attached hydrogens (tertiary/aromatic N) is 4. The minimum atomic E-state index is 0.203. The molecule has 1 fully saturated rings. The van der Waals surface area contributed by atoms with Crippen LogP contribution in [0.5, 0.6) is 0 Å². The predicted octanol–water partition coefficient (Wildman–Crippen LogP) is 0.838. The molecule has 0 bridgehead atoms. The molecule has 7 heteroatoms. The molecule has 118 valence electrons. The van der Waals surface area contributed by atoms with Crippen molar-refractivity contribution in [1.82, 2.24) is 24.9 Å². The molecule has 0 unspecified atom stereocenters. The van der Waals surface area contributed by atoms with Crippen molar-refractivity contribution in [3.8, 4) is 0 Å². The molecule has 1 aliphatic rings. The fourth-order valence-corrected chi connectivity index (χ4v) is 2.99. The first kappa shape index (κ1) is 16.5.